The minimum Gasteiger partial charge on any atom is -0.364 e. The second kappa shape index (κ2) is 6.91. The van der Waals surface area contributed by atoms with E-state index in [1.165, 1.54) is 4.68 Å². The third-order valence-electron chi connectivity index (χ3n) is 4.24. The van der Waals surface area contributed by atoms with Crippen LogP contribution < -0.4 is 5.73 Å². The second-order valence-corrected chi connectivity index (χ2v) is 6.23. The van der Waals surface area contributed by atoms with Crippen molar-refractivity contribution >= 4 is 23.2 Å². The monoisotopic (exact) mass is 353 g/mol. The van der Waals surface area contributed by atoms with Crippen molar-refractivity contribution in [2.75, 3.05) is 13.6 Å². The van der Waals surface area contributed by atoms with E-state index in [0.29, 0.717) is 24.2 Å². The zero-order chi connectivity index (χ0) is 18.8. The molecule has 2 amide bonds. The van der Waals surface area contributed by atoms with Crippen molar-refractivity contribution in [2.24, 2.45) is 12.8 Å². The van der Waals surface area contributed by atoms with Crippen molar-refractivity contribution in [1.82, 2.24) is 19.7 Å². The molecule has 0 fully saturated rings. The van der Waals surface area contributed by atoms with Gasteiger partial charge in [0.15, 0.2) is 11.5 Å². The molecule has 0 radical (unpaired) electrons. The first-order chi connectivity index (χ1) is 12.3. The van der Waals surface area contributed by atoms with Crippen LogP contribution in [0.5, 0.6) is 0 Å². The number of amides is 2. The fraction of sp³-hybridized carbons (Fsp3) is 0.278. The largest absolute Gasteiger partial charge is 0.364 e. The van der Waals surface area contributed by atoms with E-state index in [0.717, 1.165) is 5.57 Å². The summed E-state index contributed by atoms with van der Waals surface area (Å²) in [6, 6.07) is 5.13. The number of nitrogens with two attached hydrogens (primary N) is 1. The predicted octanol–water partition coefficient (Wildman–Crippen LogP) is 0.585. The van der Waals surface area contributed by atoms with Crippen LogP contribution in [0.4, 0.5) is 0 Å². The fourth-order valence-corrected chi connectivity index (χ4v) is 2.84. The predicted molar refractivity (Wildman–Crippen MR) is 94.2 cm³/mol. The molecule has 2 aromatic heterocycles. The highest BCUT2D eigenvalue weighted by Gasteiger charge is 2.20. The minimum atomic E-state index is -0.676. The molecular formula is C18H19N5O3. The Kier molecular flexibility index (Phi) is 4.66. The lowest BCUT2D eigenvalue weighted by Crippen LogP contribution is -2.29. The summed E-state index contributed by atoms with van der Waals surface area (Å²) in [4.78, 5) is 41.9. The van der Waals surface area contributed by atoms with Gasteiger partial charge in [-0.2, -0.15) is 5.10 Å². The normalized spacial score (nSPS) is 14.3. The first kappa shape index (κ1) is 17.5. The highest BCUT2D eigenvalue weighted by atomic mass is 16.2. The van der Waals surface area contributed by atoms with E-state index < -0.39 is 5.91 Å². The number of nitrogens with zero attached hydrogens (tertiary/aromatic N) is 4. The van der Waals surface area contributed by atoms with Crippen LogP contribution >= 0.6 is 0 Å². The molecule has 134 valence electrons. The van der Waals surface area contributed by atoms with E-state index in [1.807, 2.05) is 0 Å². The molecule has 26 heavy (non-hydrogen) atoms. The van der Waals surface area contributed by atoms with Crippen molar-refractivity contribution in [2.45, 2.75) is 12.8 Å². The Labute approximate surface area is 150 Å². The van der Waals surface area contributed by atoms with Crippen molar-refractivity contribution in [3.63, 3.8) is 0 Å². The number of carbonyl (C=O) groups excluding carboxylic acids is 3. The molecule has 0 bridgehead atoms. The number of hydrogen-bond donors (Lipinski definition) is 1. The van der Waals surface area contributed by atoms with Gasteiger partial charge in [0.25, 0.3) is 5.91 Å². The molecule has 2 N–H and O–H groups in total. The lowest BCUT2D eigenvalue weighted by Gasteiger charge is -2.21. The molecule has 1 aliphatic rings. The third-order valence-corrected chi connectivity index (χ3v) is 4.24. The summed E-state index contributed by atoms with van der Waals surface area (Å²) in [5.41, 5.74) is 7.54. The van der Waals surface area contributed by atoms with Gasteiger partial charge in [0.1, 0.15) is 5.69 Å². The molecule has 8 heteroatoms. The molecule has 2 aromatic rings. The lowest BCUT2D eigenvalue weighted by atomic mass is 10.0. The Morgan fingerprint density at radius 1 is 1.27 bits per heavy atom. The van der Waals surface area contributed by atoms with E-state index in [4.69, 9.17) is 5.73 Å². The van der Waals surface area contributed by atoms with E-state index in [-0.39, 0.29) is 29.5 Å². The van der Waals surface area contributed by atoms with Gasteiger partial charge >= 0.3 is 0 Å². The van der Waals surface area contributed by atoms with Crippen LogP contribution in [0, 0.1) is 0 Å². The smallest absolute Gasteiger partial charge is 0.269 e. The van der Waals surface area contributed by atoms with Crippen LogP contribution in [0.25, 0.3) is 5.57 Å². The van der Waals surface area contributed by atoms with Crippen LogP contribution in [-0.4, -0.2) is 50.9 Å². The van der Waals surface area contributed by atoms with E-state index in [9.17, 15) is 14.4 Å². The average Bonchev–Trinajstić information content (AvgIpc) is 2.98. The van der Waals surface area contributed by atoms with Gasteiger partial charge in [-0.3, -0.25) is 19.1 Å². The number of likely N-dealkylation sites (N-methyl/N-ethyl adjacent to an activating group) is 1. The number of pyridine rings is 1. The summed E-state index contributed by atoms with van der Waals surface area (Å²) < 4.78 is 1.45. The fourth-order valence-electron chi connectivity index (χ4n) is 2.84. The Hall–Kier alpha value is -3.29. The topological polar surface area (TPSA) is 111 Å². The Morgan fingerprint density at radius 3 is 2.73 bits per heavy atom. The molecule has 0 unspecified atom stereocenters. The van der Waals surface area contributed by atoms with Gasteiger partial charge in [-0.25, -0.2) is 4.98 Å². The standard InChI is InChI=1S/C18H19N5O3/c1-22-7-6-11(9-16(22)25)13-4-3-5-14(20-13)15(24)8-12-10-23(2)21-17(12)18(19)26/h3-5,9-10H,6-8H2,1-2H3,(H2,19,26). The molecular weight excluding hydrogens is 334 g/mol. The van der Waals surface area contributed by atoms with Gasteiger partial charge in [0.2, 0.25) is 5.91 Å². The molecule has 1 aliphatic heterocycles. The summed E-state index contributed by atoms with van der Waals surface area (Å²) in [6.07, 6.45) is 3.80. The van der Waals surface area contributed by atoms with E-state index in [2.05, 4.69) is 10.1 Å². The summed E-state index contributed by atoms with van der Waals surface area (Å²) in [7, 11) is 3.40. The minimum absolute atomic E-state index is 0.0245. The summed E-state index contributed by atoms with van der Waals surface area (Å²) in [5, 5.41) is 3.98. The number of carbonyl (C=O) groups is 3. The number of Topliss-reactive ketones (excluding diaryl/α,β-unsaturated/α-hetero) is 1. The molecule has 0 atom stereocenters. The number of aromatic nitrogens is 3. The van der Waals surface area contributed by atoms with Gasteiger partial charge in [-0.05, 0) is 24.1 Å². The van der Waals surface area contributed by atoms with Crippen LogP contribution in [0.2, 0.25) is 0 Å². The van der Waals surface area contributed by atoms with Gasteiger partial charge in [-0.1, -0.05) is 6.07 Å². The molecule has 3 heterocycles. The first-order valence-corrected chi connectivity index (χ1v) is 8.14. The quantitative estimate of drug-likeness (QED) is 0.791. The molecule has 3 rings (SSSR count). The number of primary amides is 1. The number of aryl methyl sites for hydroxylation is 1. The van der Waals surface area contributed by atoms with E-state index >= 15 is 0 Å². The van der Waals surface area contributed by atoms with Gasteiger partial charge in [0.05, 0.1) is 5.69 Å². The molecule has 0 aromatic carbocycles. The summed E-state index contributed by atoms with van der Waals surface area (Å²) in [5.74, 6) is -1.00. The summed E-state index contributed by atoms with van der Waals surface area (Å²) in [6.45, 7) is 0.613. The Bertz CT molecular complexity index is 929. The highest BCUT2D eigenvalue weighted by Crippen LogP contribution is 2.21. The molecule has 0 saturated heterocycles. The molecule has 0 aliphatic carbocycles. The Morgan fingerprint density at radius 2 is 2.04 bits per heavy atom. The van der Waals surface area contributed by atoms with Crippen molar-refractivity contribution in [3.8, 4) is 0 Å². The van der Waals surface area contributed by atoms with Gasteiger partial charge in [0, 0.05) is 44.9 Å². The SMILES string of the molecule is CN1CCC(c2cccc(C(=O)Cc3cn(C)nc3C(N)=O)n2)=CC1=O. The van der Waals surface area contributed by atoms with Crippen LogP contribution in [0.1, 0.15) is 38.7 Å². The second-order valence-electron chi connectivity index (χ2n) is 6.23. The number of rotatable bonds is 5. The van der Waals surface area contributed by atoms with Crippen molar-refractivity contribution in [3.05, 3.63) is 53.1 Å². The van der Waals surface area contributed by atoms with Crippen molar-refractivity contribution in [1.29, 1.82) is 0 Å². The van der Waals surface area contributed by atoms with Crippen LogP contribution in [0.15, 0.2) is 30.5 Å². The molecule has 0 saturated carbocycles. The maximum absolute atomic E-state index is 12.6. The lowest BCUT2D eigenvalue weighted by molar-refractivity contribution is -0.125. The number of hydrogen-bond acceptors (Lipinski definition) is 5. The maximum atomic E-state index is 12.6. The molecule has 0 spiro atoms. The van der Waals surface area contributed by atoms with Crippen molar-refractivity contribution < 1.29 is 14.4 Å². The first-order valence-electron chi connectivity index (χ1n) is 8.14. The average molecular weight is 353 g/mol. The molecule has 8 nitrogen and oxygen atoms in total. The number of ketones is 1. The van der Waals surface area contributed by atoms with Crippen LogP contribution in [-0.2, 0) is 18.3 Å². The van der Waals surface area contributed by atoms with Crippen LogP contribution in [0.3, 0.4) is 0 Å². The maximum Gasteiger partial charge on any atom is 0.269 e. The third kappa shape index (κ3) is 3.53. The van der Waals surface area contributed by atoms with Gasteiger partial charge in [-0.15, -0.1) is 0 Å². The van der Waals surface area contributed by atoms with Gasteiger partial charge < -0.3 is 10.6 Å². The zero-order valence-corrected chi connectivity index (χ0v) is 14.6. The van der Waals surface area contributed by atoms with E-state index in [1.54, 1.807) is 49.5 Å². The highest BCUT2D eigenvalue weighted by molar-refractivity contribution is 6.00. The summed E-state index contributed by atoms with van der Waals surface area (Å²) >= 11 is 0. The zero-order valence-electron chi connectivity index (χ0n) is 14.6. The Balaban J connectivity index is 1.85.